The third kappa shape index (κ3) is 6.13. The molecule has 0 radical (unpaired) electrons. The Hall–Kier alpha value is -1.74. The zero-order valence-electron chi connectivity index (χ0n) is 15.8. The van der Waals surface area contributed by atoms with Gasteiger partial charge in [0.05, 0.1) is 25.4 Å². The molecule has 2 heterocycles. The summed E-state index contributed by atoms with van der Waals surface area (Å²) >= 11 is 5.71. The number of hydrogen-bond acceptors (Lipinski definition) is 5. The number of carbonyl (C=O) groups excluding carboxylic acids is 2. The van der Waals surface area contributed by atoms with E-state index in [0.717, 1.165) is 26.2 Å². The molecular formula is C19H26ClFN4O3. The van der Waals surface area contributed by atoms with Crippen molar-refractivity contribution in [3.8, 4) is 0 Å². The average molecular weight is 413 g/mol. The Bertz CT molecular complexity index is 692. The van der Waals surface area contributed by atoms with E-state index in [1.807, 2.05) is 4.90 Å². The fourth-order valence-corrected chi connectivity index (χ4v) is 3.49. The molecular weight excluding hydrogens is 387 g/mol. The maximum atomic E-state index is 13.7. The summed E-state index contributed by atoms with van der Waals surface area (Å²) in [6.45, 7) is 6.78. The van der Waals surface area contributed by atoms with Crippen LogP contribution in [0.15, 0.2) is 18.2 Å². The number of hydrogen-bond donors (Lipinski definition) is 1. The molecule has 1 aromatic rings. The Morgan fingerprint density at radius 1 is 1.07 bits per heavy atom. The number of amides is 2. The van der Waals surface area contributed by atoms with Crippen molar-refractivity contribution in [3.05, 3.63) is 29.0 Å². The highest BCUT2D eigenvalue weighted by molar-refractivity contribution is 6.30. The summed E-state index contributed by atoms with van der Waals surface area (Å²) in [4.78, 5) is 30.6. The van der Waals surface area contributed by atoms with E-state index < -0.39 is 5.82 Å². The zero-order valence-corrected chi connectivity index (χ0v) is 16.6. The summed E-state index contributed by atoms with van der Waals surface area (Å²) in [5, 5.41) is 2.86. The molecule has 28 heavy (non-hydrogen) atoms. The molecule has 9 heteroatoms. The second-order valence-electron chi connectivity index (χ2n) is 7.03. The largest absolute Gasteiger partial charge is 0.379 e. The topological polar surface area (TPSA) is 65.1 Å². The zero-order chi connectivity index (χ0) is 19.9. The molecule has 0 aliphatic carbocycles. The molecule has 0 spiro atoms. The van der Waals surface area contributed by atoms with Crippen molar-refractivity contribution in [2.75, 3.05) is 70.9 Å². The number of piperazine rings is 1. The first-order chi connectivity index (χ1) is 13.5. The lowest BCUT2D eigenvalue weighted by molar-refractivity contribution is -0.135. The van der Waals surface area contributed by atoms with Crippen LogP contribution in [-0.4, -0.2) is 92.1 Å². The van der Waals surface area contributed by atoms with Crippen LogP contribution in [0.4, 0.5) is 10.1 Å². The third-order valence-electron chi connectivity index (χ3n) is 5.05. The average Bonchev–Trinajstić information content (AvgIpc) is 2.70. The van der Waals surface area contributed by atoms with Gasteiger partial charge < -0.3 is 15.0 Å². The molecule has 0 bridgehead atoms. The second-order valence-corrected chi connectivity index (χ2v) is 7.47. The second kappa shape index (κ2) is 10.2. The summed E-state index contributed by atoms with van der Waals surface area (Å²) in [5.74, 6) is -0.641. The molecule has 7 nitrogen and oxygen atoms in total. The van der Waals surface area contributed by atoms with Crippen molar-refractivity contribution in [3.63, 3.8) is 0 Å². The number of benzene rings is 1. The van der Waals surface area contributed by atoms with Gasteiger partial charge in [0.1, 0.15) is 5.82 Å². The Labute approximate surface area is 169 Å². The molecule has 2 saturated heterocycles. The third-order valence-corrected chi connectivity index (χ3v) is 5.28. The molecule has 2 aliphatic rings. The minimum atomic E-state index is -0.548. The van der Waals surface area contributed by atoms with Gasteiger partial charge in [-0.2, -0.15) is 0 Å². The predicted octanol–water partition coefficient (Wildman–Crippen LogP) is 1.28. The smallest absolute Gasteiger partial charge is 0.236 e. The predicted molar refractivity (Wildman–Crippen MR) is 105 cm³/mol. The van der Waals surface area contributed by atoms with E-state index in [4.69, 9.17) is 16.3 Å². The van der Waals surface area contributed by atoms with Crippen molar-refractivity contribution >= 4 is 29.1 Å². The first-order valence-corrected chi connectivity index (χ1v) is 9.94. The number of ether oxygens (including phenoxy) is 1. The fourth-order valence-electron chi connectivity index (χ4n) is 3.33. The number of nitrogens with zero attached hydrogens (tertiary/aromatic N) is 3. The number of halogens is 2. The van der Waals surface area contributed by atoms with Crippen molar-refractivity contribution in [1.29, 1.82) is 0 Å². The van der Waals surface area contributed by atoms with Crippen LogP contribution in [-0.2, 0) is 14.3 Å². The molecule has 0 aromatic heterocycles. The molecule has 0 saturated carbocycles. The standard InChI is InChI=1S/C19H26ClFN4O3/c20-15-1-2-17(16(21)13-15)22-18(26)3-4-23-5-7-25(8-6-23)19(27)14-24-9-11-28-12-10-24/h1-2,13H,3-12,14H2,(H,22,26). The van der Waals surface area contributed by atoms with Crippen molar-refractivity contribution in [2.24, 2.45) is 0 Å². The van der Waals surface area contributed by atoms with Crippen LogP contribution >= 0.6 is 11.6 Å². The van der Waals surface area contributed by atoms with Crippen LogP contribution in [0.25, 0.3) is 0 Å². The number of morpholine rings is 1. The number of carbonyl (C=O) groups is 2. The van der Waals surface area contributed by atoms with Gasteiger partial charge in [-0.05, 0) is 18.2 Å². The number of nitrogens with one attached hydrogen (secondary N) is 1. The number of rotatable bonds is 6. The summed E-state index contributed by atoms with van der Waals surface area (Å²) in [6, 6.07) is 4.16. The molecule has 2 fully saturated rings. The monoisotopic (exact) mass is 412 g/mol. The Morgan fingerprint density at radius 2 is 1.79 bits per heavy atom. The van der Waals surface area contributed by atoms with Crippen LogP contribution in [0.5, 0.6) is 0 Å². The lowest BCUT2D eigenvalue weighted by atomic mass is 10.2. The fraction of sp³-hybridized carbons (Fsp3) is 0.579. The van der Waals surface area contributed by atoms with Crippen LogP contribution in [0.2, 0.25) is 5.02 Å². The van der Waals surface area contributed by atoms with Crippen LogP contribution < -0.4 is 5.32 Å². The Kier molecular flexibility index (Phi) is 7.61. The van der Waals surface area contributed by atoms with Crippen molar-refractivity contribution in [1.82, 2.24) is 14.7 Å². The molecule has 0 atom stereocenters. The van der Waals surface area contributed by atoms with Crippen LogP contribution in [0, 0.1) is 5.82 Å². The summed E-state index contributed by atoms with van der Waals surface area (Å²) in [7, 11) is 0. The van der Waals surface area contributed by atoms with Crippen LogP contribution in [0.1, 0.15) is 6.42 Å². The van der Waals surface area contributed by atoms with Gasteiger partial charge in [-0.25, -0.2) is 4.39 Å². The van der Waals surface area contributed by atoms with Crippen LogP contribution in [0.3, 0.4) is 0 Å². The first kappa shape index (κ1) is 21.0. The Morgan fingerprint density at radius 3 is 2.46 bits per heavy atom. The summed E-state index contributed by atoms with van der Waals surface area (Å²) < 4.78 is 19.0. The first-order valence-electron chi connectivity index (χ1n) is 9.56. The minimum absolute atomic E-state index is 0.132. The van der Waals surface area contributed by atoms with Gasteiger partial charge in [-0.15, -0.1) is 0 Å². The quantitative estimate of drug-likeness (QED) is 0.762. The van der Waals surface area contributed by atoms with Gasteiger partial charge in [-0.3, -0.25) is 19.4 Å². The van der Waals surface area contributed by atoms with Crippen molar-refractivity contribution in [2.45, 2.75) is 6.42 Å². The summed E-state index contributed by atoms with van der Waals surface area (Å²) in [5.41, 5.74) is 0.132. The van der Waals surface area contributed by atoms with E-state index in [1.54, 1.807) is 0 Å². The lowest BCUT2D eigenvalue weighted by Crippen LogP contribution is -2.52. The molecule has 1 N–H and O–H groups in total. The lowest BCUT2D eigenvalue weighted by Gasteiger charge is -2.36. The molecule has 2 aliphatic heterocycles. The van der Waals surface area contributed by atoms with E-state index in [1.165, 1.54) is 18.2 Å². The molecule has 3 rings (SSSR count). The van der Waals surface area contributed by atoms with Gasteiger partial charge in [0.25, 0.3) is 0 Å². The van der Waals surface area contributed by atoms with E-state index in [0.29, 0.717) is 39.4 Å². The normalized spacial score (nSPS) is 18.9. The van der Waals surface area contributed by atoms with Gasteiger partial charge in [0.15, 0.2) is 0 Å². The number of anilines is 1. The minimum Gasteiger partial charge on any atom is -0.379 e. The maximum Gasteiger partial charge on any atom is 0.236 e. The van der Waals surface area contributed by atoms with E-state index >= 15 is 0 Å². The molecule has 2 amide bonds. The van der Waals surface area contributed by atoms with Gasteiger partial charge in [0.2, 0.25) is 11.8 Å². The highest BCUT2D eigenvalue weighted by Crippen LogP contribution is 2.19. The van der Waals surface area contributed by atoms with E-state index in [-0.39, 0.29) is 28.9 Å². The van der Waals surface area contributed by atoms with Gasteiger partial charge >= 0.3 is 0 Å². The molecule has 1 aromatic carbocycles. The summed E-state index contributed by atoms with van der Waals surface area (Å²) in [6.07, 6.45) is 0.268. The molecule has 0 unspecified atom stereocenters. The maximum absolute atomic E-state index is 13.7. The highest BCUT2D eigenvalue weighted by atomic mass is 35.5. The highest BCUT2D eigenvalue weighted by Gasteiger charge is 2.23. The molecule has 154 valence electrons. The van der Waals surface area contributed by atoms with Crippen molar-refractivity contribution < 1.29 is 18.7 Å². The van der Waals surface area contributed by atoms with E-state index in [2.05, 4.69) is 15.1 Å². The Balaban J connectivity index is 1.35. The van der Waals surface area contributed by atoms with Gasteiger partial charge in [0, 0.05) is 57.3 Å². The SMILES string of the molecule is O=C(CCN1CCN(C(=O)CN2CCOCC2)CC1)Nc1ccc(Cl)cc1F. The van der Waals surface area contributed by atoms with Gasteiger partial charge in [-0.1, -0.05) is 11.6 Å². The van der Waals surface area contributed by atoms with E-state index in [9.17, 15) is 14.0 Å².